The highest BCUT2D eigenvalue weighted by Gasteiger charge is 2.59. The van der Waals surface area contributed by atoms with Crippen LogP contribution in [0.2, 0.25) is 0 Å². The molecule has 3 aromatic carbocycles. The van der Waals surface area contributed by atoms with Gasteiger partial charge in [-0.25, -0.2) is 8.78 Å². The number of pyridine rings is 1. The van der Waals surface area contributed by atoms with Crippen molar-refractivity contribution in [1.82, 2.24) is 0 Å². The van der Waals surface area contributed by atoms with Crippen molar-refractivity contribution < 1.29 is 25.8 Å². The fourth-order valence-corrected chi connectivity index (χ4v) is 5.76. The highest BCUT2D eigenvalue weighted by molar-refractivity contribution is 5.54. The quantitative estimate of drug-likeness (QED) is 0.430. The van der Waals surface area contributed by atoms with Crippen LogP contribution in [0.25, 0.3) is 0 Å². The van der Waals surface area contributed by atoms with Gasteiger partial charge in [0, 0.05) is 29.5 Å². The molecule has 0 fully saturated rings. The lowest BCUT2D eigenvalue weighted by molar-refractivity contribution is -0.732. The first-order valence-electron chi connectivity index (χ1n) is 10.3. The Morgan fingerprint density at radius 2 is 1.23 bits per heavy atom. The van der Waals surface area contributed by atoms with Crippen molar-refractivity contribution in [3.8, 4) is 0 Å². The van der Waals surface area contributed by atoms with Crippen LogP contribution in [0.15, 0.2) is 97.2 Å². The molecule has 0 radical (unpaired) electrons. The van der Waals surface area contributed by atoms with Gasteiger partial charge in [0.2, 0.25) is 0 Å². The van der Waals surface area contributed by atoms with E-state index in [1.165, 1.54) is 41.1 Å². The van der Waals surface area contributed by atoms with Gasteiger partial charge in [-0.05, 0) is 41.0 Å². The molecule has 2 atom stereocenters. The molecule has 0 saturated carbocycles. The smallest absolute Gasteiger partial charge is 0.190 e. The molecule has 0 N–H and O–H groups in total. The van der Waals surface area contributed by atoms with Crippen LogP contribution in [0.1, 0.15) is 46.3 Å². The lowest BCUT2D eigenvalue weighted by Crippen LogP contribution is -3.00. The van der Waals surface area contributed by atoms with E-state index < -0.39 is 5.41 Å². The van der Waals surface area contributed by atoms with Gasteiger partial charge >= 0.3 is 0 Å². The monoisotopic (exact) mass is 431 g/mol. The topological polar surface area (TPSA) is 3.88 Å². The van der Waals surface area contributed by atoms with E-state index in [2.05, 4.69) is 53.2 Å². The van der Waals surface area contributed by atoms with Crippen LogP contribution in [-0.2, 0) is 5.41 Å². The summed E-state index contributed by atoms with van der Waals surface area (Å²) < 4.78 is 30.1. The van der Waals surface area contributed by atoms with Gasteiger partial charge in [0.05, 0.1) is 5.92 Å². The highest BCUT2D eigenvalue weighted by Crippen LogP contribution is 2.59. The van der Waals surface area contributed by atoms with Gasteiger partial charge in [-0.1, -0.05) is 54.6 Å². The number of halogens is 3. The van der Waals surface area contributed by atoms with Gasteiger partial charge in [0.25, 0.3) is 0 Å². The number of hydrogen-bond donors (Lipinski definition) is 0. The third kappa shape index (κ3) is 2.76. The molecule has 2 aliphatic heterocycles. The lowest BCUT2D eigenvalue weighted by atomic mass is 9.53. The van der Waals surface area contributed by atoms with Crippen LogP contribution in [0.4, 0.5) is 8.78 Å². The van der Waals surface area contributed by atoms with E-state index in [0.717, 1.165) is 17.5 Å². The maximum absolute atomic E-state index is 13.8. The van der Waals surface area contributed by atoms with Crippen molar-refractivity contribution in [2.45, 2.75) is 23.8 Å². The molecule has 2 bridgehead atoms. The van der Waals surface area contributed by atoms with Crippen molar-refractivity contribution in [2.75, 3.05) is 0 Å². The number of nitrogens with zero attached hydrogens (tertiary/aromatic N) is 1. The standard InChI is InChI=1S/C27H20F2N.ClH/c28-20-12-8-18(9-13-20)27(19-10-14-21(29)15-11-19)17-25-22-5-1-2-6-23(22)26(27)24-7-3-4-16-30(24)25;/h1-16,25-26H,17H2;1H/q+1;/p-1. The second-order valence-corrected chi connectivity index (χ2v) is 8.30. The third-order valence-corrected chi connectivity index (χ3v) is 6.95. The minimum Gasteiger partial charge on any atom is -1.00 e. The SMILES string of the molecule is Fc1ccc(C2(c3ccc(F)cc3)CC3c4ccccc4C2c2cccc[n+]23)cc1.[Cl-]. The zero-order valence-electron chi connectivity index (χ0n) is 16.7. The molecule has 154 valence electrons. The minimum absolute atomic E-state index is 0. The van der Waals surface area contributed by atoms with Gasteiger partial charge in [0.15, 0.2) is 17.9 Å². The van der Waals surface area contributed by atoms with Crippen LogP contribution in [0, 0.1) is 11.6 Å². The van der Waals surface area contributed by atoms with Gasteiger partial charge in [-0.15, -0.1) is 0 Å². The van der Waals surface area contributed by atoms with E-state index in [9.17, 15) is 8.78 Å². The predicted molar refractivity (Wildman–Crippen MR) is 111 cm³/mol. The van der Waals surface area contributed by atoms with E-state index in [0.29, 0.717) is 0 Å². The number of rotatable bonds is 2. The summed E-state index contributed by atoms with van der Waals surface area (Å²) in [6, 6.07) is 28.9. The zero-order valence-corrected chi connectivity index (χ0v) is 17.4. The van der Waals surface area contributed by atoms with Crippen molar-refractivity contribution in [1.29, 1.82) is 0 Å². The molecule has 1 aromatic heterocycles. The Kier molecular flexibility index (Phi) is 4.67. The molecule has 1 aliphatic carbocycles. The molecule has 3 aliphatic rings. The van der Waals surface area contributed by atoms with Crippen molar-refractivity contribution in [3.63, 3.8) is 0 Å². The summed E-state index contributed by atoms with van der Waals surface area (Å²) in [6.07, 6.45) is 3.00. The van der Waals surface area contributed by atoms with Gasteiger partial charge in [-0.3, -0.25) is 0 Å². The Labute approximate surface area is 186 Å². The number of fused-ring (bicyclic) bond motifs is 1. The van der Waals surface area contributed by atoms with E-state index in [-0.39, 0.29) is 36.0 Å². The van der Waals surface area contributed by atoms with Crippen LogP contribution < -0.4 is 17.0 Å². The van der Waals surface area contributed by atoms with Crippen molar-refractivity contribution in [3.05, 3.63) is 137 Å². The Balaban J connectivity index is 0.00000204. The molecule has 0 spiro atoms. The number of benzene rings is 3. The lowest BCUT2D eigenvalue weighted by Gasteiger charge is -2.50. The second kappa shape index (κ2) is 7.28. The molecular formula is C27H20ClF2N. The maximum atomic E-state index is 13.8. The summed E-state index contributed by atoms with van der Waals surface area (Å²) in [5.74, 6) is -0.441. The summed E-state index contributed by atoms with van der Waals surface area (Å²) in [6.45, 7) is 0. The molecule has 0 saturated heterocycles. The van der Waals surface area contributed by atoms with Crippen LogP contribution in [0.3, 0.4) is 0 Å². The first-order chi connectivity index (χ1) is 14.7. The van der Waals surface area contributed by atoms with E-state index >= 15 is 0 Å². The normalized spacial score (nSPS) is 19.8. The molecular weight excluding hydrogens is 412 g/mol. The molecule has 4 aromatic rings. The molecule has 2 unspecified atom stereocenters. The molecule has 4 heteroatoms. The molecule has 3 heterocycles. The Bertz CT molecular complexity index is 1160. The minimum atomic E-state index is -0.401. The molecule has 1 nitrogen and oxygen atoms in total. The third-order valence-electron chi connectivity index (χ3n) is 6.95. The van der Waals surface area contributed by atoms with Crippen molar-refractivity contribution in [2.24, 2.45) is 0 Å². The first kappa shape index (κ1) is 19.9. The van der Waals surface area contributed by atoms with E-state index in [1.54, 1.807) is 0 Å². The fourth-order valence-electron chi connectivity index (χ4n) is 5.76. The average Bonchev–Trinajstić information content (AvgIpc) is 2.80. The largest absolute Gasteiger partial charge is 1.00 e. The highest BCUT2D eigenvalue weighted by atomic mass is 35.5. The van der Waals surface area contributed by atoms with Crippen LogP contribution >= 0.6 is 0 Å². The number of hydrogen-bond acceptors (Lipinski definition) is 0. The summed E-state index contributed by atoms with van der Waals surface area (Å²) >= 11 is 0. The second-order valence-electron chi connectivity index (χ2n) is 8.30. The van der Waals surface area contributed by atoms with E-state index in [4.69, 9.17) is 0 Å². The van der Waals surface area contributed by atoms with Crippen molar-refractivity contribution >= 4 is 0 Å². The molecule has 7 rings (SSSR count). The Morgan fingerprint density at radius 1 is 0.677 bits per heavy atom. The van der Waals surface area contributed by atoms with E-state index in [1.807, 2.05) is 24.3 Å². The molecule has 31 heavy (non-hydrogen) atoms. The summed E-state index contributed by atoms with van der Waals surface area (Å²) in [7, 11) is 0. The van der Waals surface area contributed by atoms with Gasteiger partial charge < -0.3 is 12.4 Å². The number of aromatic nitrogens is 1. The fraction of sp³-hybridized carbons (Fsp3) is 0.148. The van der Waals surface area contributed by atoms with Gasteiger partial charge in [-0.2, -0.15) is 4.57 Å². The molecule has 0 amide bonds. The average molecular weight is 432 g/mol. The van der Waals surface area contributed by atoms with Crippen LogP contribution in [-0.4, -0.2) is 0 Å². The van der Waals surface area contributed by atoms with Gasteiger partial charge in [0.1, 0.15) is 11.6 Å². The summed E-state index contributed by atoms with van der Waals surface area (Å²) in [4.78, 5) is 0. The maximum Gasteiger partial charge on any atom is 0.190 e. The Morgan fingerprint density at radius 3 is 1.84 bits per heavy atom. The summed E-state index contributed by atoms with van der Waals surface area (Å²) in [5.41, 5.74) is 5.60. The van der Waals surface area contributed by atoms with Crippen LogP contribution in [0.5, 0.6) is 0 Å². The zero-order chi connectivity index (χ0) is 20.3. The predicted octanol–water partition coefficient (Wildman–Crippen LogP) is 2.68. The first-order valence-corrected chi connectivity index (χ1v) is 10.3. The summed E-state index contributed by atoms with van der Waals surface area (Å²) in [5, 5.41) is 0. The Hall–Kier alpha value is -3.04.